The Bertz CT molecular complexity index is 1310. The number of benzene rings is 2. The maximum Gasteiger partial charge on any atom is 0.351 e. The highest BCUT2D eigenvalue weighted by molar-refractivity contribution is 6.00. The zero-order chi connectivity index (χ0) is 21.3. The molecule has 2 aromatic carbocycles. The van der Waals surface area contributed by atoms with Crippen LogP contribution >= 0.6 is 0 Å². The molecule has 0 N–H and O–H groups in total. The van der Waals surface area contributed by atoms with Crippen LogP contribution in [0.5, 0.6) is 11.5 Å². The number of carbonyl (C=O) groups is 1. The number of methoxy groups -OCH3 is 2. The van der Waals surface area contributed by atoms with Crippen LogP contribution in [0.3, 0.4) is 0 Å². The third-order valence-corrected chi connectivity index (χ3v) is 4.98. The molecule has 8 heteroatoms. The smallest absolute Gasteiger partial charge is 0.351 e. The number of aryl methyl sites for hydroxylation is 1. The molecule has 0 radical (unpaired) electrons. The van der Waals surface area contributed by atoms with Crippen molar-refractivity contribution in [1.29, 1.82) is 0 Å². The number of carbonyl (C=O) groups excluding carboxylic acids is 1. The number of aromatic nitrogens is 4. The van der Waals surface area contributed by atoms with Crippen LogP contribution in [0.1, 0.15) is 29.5 Å². The van der Waals surface area contributed by atoms with Crippen molar-refractivity contribution in [2.75, 3.05) is 14.2 Å². The number of para-hydroxylation sites is 1. The third kappa shape index (κ3) is 3.30. The van der Waals surface area contributed by atoms with E-state index in [1.165, 1.54) is 23.3 Å². The molecule has 0 unspecified atom stereocenters. The first kappa shape index (κ1) is 19.6. The Morgan fingerprint density at radius 3 is 2.63 bits per heavy atom. The van der Waals surface area contributed by atoms with Gasteiger partial charge in [0.05, 0.1) is 31.8 Å². The fourth-order valence-corrected chi connectivity index (χ4v) is 3.52. The molecule has 0 aliphatic heterocycles. The van der Waals surface area contributed by atoms with Crippen LogP contribution in [0.2, 0.25) is 0 Å². The minimum atomic E-state index is -0.409. The molecule has 4 rings (SSSR count). The van der Waals surface area contributed by atoms with Crippen molar-refractivity contribution in [3.05, 3.63) is 64.3 Å². The maximum absolute atomic E-state index is 13.2. The van der Waals surface area contributed by atoms with Gasteiger partial charge < -0.3 is 9.47 Å². The Hall–Kier alpha value is -3.68. The fraction of sp³-hybridized carbons (Fsp3) is 0.273. The SMILES string of the molecule is CCCc1nc2c3ccccc3n(CC(=O)c3cc(OC)ccc3OC)c(=O)n2n1. The van der Waals surface area contributed by atoms with Crippen LogP contribution in [0, 0.1) is 0 Å². The molecule has 0 atom stereocenters. The highest BCUT2D eigenvalue weighted by Crippen LogP contribution is 2.25. The number of nitrogens with zero attached hydrogens (tertiary/aromatic N) is 4. The molecule has 0 saturated heterocycles. The van der Waals surface area contributed by atoms with Crippen molar-refractivity contribution >= 4 is 22.3 Å². The van der Waals surface area contributed by atoms with Crippen LogP contribution in [0.4, 0.5) is 0 Å². The molecule has 0 aliphatic carbocycles. The van der Waals surface area contributed by atoms with Crippen LogP contribution in [0.25, 0.3) is 16.6 Å². The van der Waals surface area contributed by atoms with Gasteiger partial charge in [-0.1, -0.05) is 19.1 Å². The predicted molar refractivity (Wildman–Crippen MR) is 113 cm³/mol. The quantitative estimate of drug-likeness (QED) is 0.439. The molecule has 0 spiro atoms. The van der Waals surface area contributed by atoms with Crippen molar-refractivity contribution < 1.29 is 14.3 Å². The molecule has 0 fully saturated rings. The summed E-state index contributed by atoms with van der Waals surface area (Å²) >= 11 is 0. The van der Waals surface area contributed by atoms with Gasteiger partial charge in [0.15, 0.2) is 17.3 Å². The Morgan fingerprint density at radius 2 is 1.90 bits per heavy atom. The van der Waals surface area contributed by atoms with E-state index < -0.39 is 5.69 Å². The summed E-state index contributed by atoms with van der Waals surface area (Å²) in [6, 6.07) is 12.4. The van der Waals surface area contributed by atoms with E-state index in [0.29, 0.717) is 40.5 Å². The van der Waals surface area contributed by atoms with Gasteiger partial charge in [-0.05, 0) is 36.8 Å². The molecule has 0 bridgehead atoms. The number of rotatable bonds is 7. The van der Waals surface area contributed by atoms with Gasteiger partial charge >= 0.3 is 5.69 Å². The topological polar surface area (TPSA) is 87.7 Å². The summed E-state index contributed by atoms with van der Waals surface area (Å²) in [7, 11) is 3.03. The lowest BCUT2D eigenvalue weighted by molar-refractivity contribution is 0.0968. The van der Waals surface area contributed by atoms with Gasteiger partial charge in [0, 0.05) is 11.8 Å². The van der Waals surface area contributed by atoms with Crippen LogP contribution in [0.15, 0.2) is 47.3 Å². The average molecular weight is 406 g/mol. The second-order valence-electron chi connectivity index (χ2n) is 6.89. The highest BCUT2D eigenvalue weighted by atomic mass is 16.5. The summed E-state index contributed by atoms with van der Waals surface area (Å²) < 4.78 is 13.3. The van der Waals surface area contributed by atoms with Crippen LogP contribution in [-0.2, 0) is 13.0 Å². The Labute approximate surface area is 172 Å². The second kappa shape index (κ2) is 7.98. The summed E-state index contributed by atoms with van der Waals surface area (Å²) in [4.78, 5) is 30.9. The lowest BCUT2D eigenvalue weighted by Crippen LogP contribution is -2.30. The van der Waals surface area contributed by atoms with Crippen LogP contribution in [-0.4, -0.2) is 39.2 Å². The van der Waals surface area contributed by atoms with Gasteiger partial charge in [-0.2, -0.15) is 4.52 Å². The number of hydrogen-bond acceptors (Lipinski definition) is 6. The summed E-state index contributed by atoms with van der Waals surface area (Å²) in [5, 5.41) is 5.13. The number of fused-ring (bicyclic) bond motifs is 3. The van der Waals surface area contributed by atoms with E-state index >= 15 is 0 Å². The lowest BCUT2D eigenvalue weighted by Gasteiger charge is -2.13. The zero-order valence-corrected chi connectivity index (χ0v) is 17.1. The zero-order valence-electron chi connectivity index (χ0n) is 17.1. The van der Waals surface area contributed by atoms with Crippen molar-refractivity contribution in [2.45, 2.75) is 26.3 Å². The minimum Gasteiger partial charge on any atom is -0.497 e. The monoisotopic (exact) mass is 406 g/mol. The molecular weight excluding hydrogens is 384 g/mol. The molecule has 2 aromatic heterocycles. The van der Waals surface area contributed by atoms with Crippen molar-refractivity contribution in [3.63, 3.8) is 0 Å². The van der Waals surface area contributed by atoms with Crippen molar-refractivity contribution in [1.82, 2.24) is 19.2 Å². The van der Waals surface area contributed by atoms with E-state index in [2.05, 4.69) is 10.1 Å². The average Bonchev–Trinajstić information content (AvgIpc) is 3.20. The Balaban J connectivity index is 1.87. The fourth-order valence-electron chi connectivity index (χ4n) is 3.52. The van der Waals surface area contributed by atoms with Gasteiger partial charge in [0.25, 0.3) is 0 Å². The molecule has 8 nitrogen and oxygen atoms in total. The first-order chi connectivity index (χ1) is 14.6. The number of hydrogen-bond donors (Lipinski definition) is 0. The lowest BCUT2D eigenvalue weighted by atomic mass is 10.1. The molecule has 2 heterocycles. The molecular formula is C22H22N4O4. The van der Waals surface area contributed by atoms with Crippen LogP contribution < -0.4 is 15.2 Å². The van der Waals surface area contributed by atoms with Gasteiger partial charge in [-0.15, -0.1) is 5.10 Å². The van der Waals surface area contributed by atoms with Gasteiger partial charge in [-0.3, -0.25) is 9.36 Å². The van der Waals surface area contributed by atoms with Crippen molar-refractivity contribution in [3.8, 4) is 11.5 Å². The largest absolute Gasteiger partial charge is 0.497 e. The summed E-state index contributed by atoms with van der Waals surface area (Å²) in [5.41, 5.74) is 1.06. The minimum absolute atomic E-state index is 0.165. The maximum atomic E-state index is 13.2. The molecule has 0 amide bonds. The normalized spacial score (nSPS) is 11.2. The van der Waals surface area contributed by atoms with E-state index in [4.69, 9.17) is 9.47 Å². The molecule has 154 valence electrons. The van der Waals surface area contributed by atoms with E-state index in [0.717, 1.165) is 11.8 Å². The predicted octanol–water partition coefficient (Wildman–Crippen LogP) is 2.90. The second-order valence-corrected chi connectivity index (χ2v) is 6.89. The number of Topliss-reactive ketones (excluding diaryl/α,β-unsaturated/α-hetero) is 1. The highest BCUT2D eigenvalue weighted by Gasteiger charge is 2.19. The van der Waals surface area contributed by atoms with Crippen molar-refractivity contribution in [2.24, 2.45) is 0 Å². The van der Waals surface area contributed by atoms with Gasteiger partial charge in [0.1, 0.15) is 11.5 Å². The van der Waals surface area contributed by atoms with E-state index in [9.17, 15) is 9.59 Å². The summed E-state index contributed by atoms with van der Waals surface area (Å²) in [6.45, 7) is 1.87. The number of ketones is 1. The summed E-state index contributed by atoms with van der Waals surface area (Å²) in [5.74, 6) is 1.29. The molecule has 30 heavy (non-hydrogen) atoms. The Kier molecular flexibility index (Phi) is 5.22. The molecule has 4 aromatic rings. The van der Waals surface area contributed by atoms with E-state index in [1.54, 1.807) is 24.3 Å². The first-order valence-electron chi connectivity index (χ1n) is 9.69. The molecule has 0 aliphatic rings. The third-order valence-electron chi connectivity index (χ3n) is 4.98. The van der Waals surface area contributed by atoms with Gasteiger partial charge in [-0.25, -0.2) is 9.78 Å². The first-order valence-corrected chi connectivity index (χ1v) is 9.69. The Morgan fingerprint density at radius 1 is 1.10 bits per heavy atom. The van der Waals surface area contributed by atoms with E-state index in [-0.39, 0.29) is 12.3 Å². The van der Waals surface area contributed by atoms with E-state index in [1.807, 2.05) is 25.1 Å². The number of ether oxygens (including phenoxy) is 2. The van der Waals surface area contributed by atoms with Gasteiger partial charge in [0.2, 0.25) is 0 Å². The standard InChI is InChI=1S/C22H22N4O4/c1-4-7-20-23-21-15-8-5-6-9-17(15)25(22(28)26(21)24-20)13-18(27)16-12-14(29-2)10-11-19(16)30-3/h5-6,8-12H,4,7,13H2,1-3H3. The molecule has 0 saturated carbocycles. The summed E-state index contributed by atoms with van der Waals surface area (Å²) in [6.07, 6.45) is 1.55.